The predicted octanol–water partition coefficient (Wildman–Crippen LogP) is 4.04. The molecular weight excluding hydrogens is 381 g/mol. The van der Waals surface area contributed by atoms with Crippen LogP contribution in [0.1, 0.15) is 46.1 Å². The van der Waals surface area contributed by atoms with Gasteiger partial charge >= 0.3 is 0 Å². The number of hydrogen-bond donors (Lipinski definition) is 2. The summed E-state index contributed by atoms with van der Waals surface area (Å²) in [5, 5.41) is 10.6. The lowest BCUT2D eigenvalue weighted by Gasteiger charge is -2.18. The fourth-order valence-corrected chi connectivity index (χ4v) is 3.20. The second-order valence-corrected chi connectivity index (χ2v) is 8.14. The third kappa shape index (κ3) is 5.03. The number of aliphatic imine (C=N–C) groups is 1. The van der Waals surface area contributed by atoms with Gasteiger partial charge in [-0.3, -0.25) is 4.79 Å². The summed E-state index contributed by atoms with van der Waals surface area (Å²) in [6, 6.07) is 6.07. The summed E-state index contributed by atoms with van der Waals surface area (Å²) in [7, 11) is 0. The van der Waals surface area contributed by atoms with E-state index >= 15 is 0 Å². The zero-order chi connectivity index (χ0) is 21.9. The zero-order valence-electron chi connectivity index (χ0n) is 17.9. The molecule has 1 aromatic heterocycles. The SMILES string of the molecule is C=N/C(NC1(C)CC1)=C(\C)C(C(=O)NCc1cnn(-c2ccc(F)cc2)c1)=C(C)C. The second-order valence-electron chi connectivity index (χ2n) is 8.14. The molecule has 0 saturated heterocycles. The topological polar surface area (TPSA) is 71.3 Å². The minimum absolute atomic E-state index is 0.0377. The number of rotatable bonds is 8. The molecule has 1 aliphatic carbocycles. The van der Waals surface area contributed by atoms with Gasteiger partial charge in [0.25, 0.3) is 5.91 Å². The van der Waals surface area contributed by atoms with Crippen molar-refractivity contribution in [3.8, 4) is 5.69 Å². The molecule has 1 aliphatic rings. The van der Waals surface area contributed by atoms with Crippen LogP contribution in [0.15, 0.2) is 64.2 Å². The Morgan fingerprint density at radius 1 is 1.27 bits per heavy atom. The number of nitrogens with zero attached hydrogens (tertiary/aromatic N) is 3. The quantitative estimate of drug-likeness (QED) is 0.393. The first-order chi connectivity index (χ1) is 14.2. The predicted molar refractivity (Wildman–Crippen MR) is 117 cm³/mol. The van der Waals surface area contributed by atoms with E-state index in [-0.39, 0.29) is 17.3 Å². The lowest BCUT2D eigenvalue weighted by molar-refractivity contribution is -0.117. The molecule has 7 heteroatoms. The molecule has 6 nitrogen and oxygen atoms in total. The highest BCUT2D eigenvalue weighted by Gasteiger charge is 2.38. The number of halogens is 1. The van der Waals surface area contributed by atoms with Gasteiger partial charge in [-0.05, 0) is 71.5 Å². The average molecular weight is 410 g/mol. The van der Waals surface area contributed by atoms with E-state index in [0.717, 1.165) is 35.2 Å². The number of amides is 1. The molecule has 2 N–H and O–H groups in total. The van der Waals surface area contributed by atoms with Crippen molar-refractivity contribution < 1.29 is 9.18 Å². The van der Waals surface area contributed by atoms with Crippen LogP contribution in [0.25, 0.3) is 5.69 Å². The Hall–Kier alpha value is -3.22. The van der Waals surface area contributed by atoms with Gasteiger partial charge < -0.3 is 10.6 Å². The first-order valence-electron chi connectivity index (χ1n) is 9.94. The Balaban J connectivity index is 1.71. The van der Waals surface area contributed by atoms with Gasteiger partial charge in [-0.1, -0.05) is 5.57 Å². The molecule has 0 unspecified atom stereocenters. The molecule has 1 fully saturated rings. The fraction of sp³-hybridized carbons (Fsp3) is 0.348. The van der Waals surface area contributed by atoms with Gasteiger partial charge in [-0.15, -0.1) is 0 Å². The molecule has 0 bridgehead atoms. The number of carbonyl (C=O) groups excluding carboxylic acids is 1. The maximum Gasteiger partial charge on any atom is 0.251 e. The van der Waals surface area contributed by atoms with Gasteiger partial charge in [0.05, 0.1) is 11.9 Å². The van der Waals surface area contributed by atoms with Gasteiger partial charge in [0.2, 0.25) is 0 Å². The highest BCUT2D eigenvalue weighted by molar-refractivity contribution is 5.98. The van der Waals surface area contributed by atoms with Crippen LogP contribution in [-0.2, 0) is 11.3 Å². The molecule has 0 spiro atoms. The molecule has 0 radical (unpaired) electrons. The summed E-state index contributed by atoms with van der Waals surface area (Å²) in [6.07, 6.45) is 5.65. The Kier molecular flexibility index (Phi) is 6.20. The van der Waals surface area contributed by atoms with Crippen molar-refractivity contribution >= 4 is 12.6 Å². The second kappa shape index (κ2) is 8.65. The lowest BCUT2D eigenvalue weighted by Crippen LogP contribution is -2.30. The normalized spacial score (nSPS) is 15.1. The van der Waals surface area contributed by atoms with Crippen LogP contribution in [-0.4, -0.2) is 27.9 Å². The van der Waals surface area contributed by atoms with E-state index in [4.69, 9.17) is 0 Å². The molecule has 0 atom stereocenters. The van der Waals surface area contributed by atoms with Gasteiger partial charge in [0.1, 0.15) is 11.6 Å². The van der Waals surface area contributed by atoms with Crippen LogP contribution < -0.4 is 10.6 Å². The van der Waals surface area contributed by atoms with Crippen LogP contribution in [0.3, 0.4) is 0 Å². The molecule has 0 aliphatic heterocycles. The molecule has 158 valence electrons. The minimum Gasteiger partial charge on any atom is -0.365 e. The van der Waals surface area contributed by atoms with Gasteiger partial charge in [0, 0.05) is 35.0 Å². The number of hydrogen-bond acceptors (Lipinski definition) is 4. The number of nitrogens with one attached hydrogen (secondary N) is 2. The first-order valence-corrected chi connectivity index (χ1v) is 9.94. The molecule has 1 amide bonds. The van der Waals surface area contributed by atoms with E-state index in [2.05, 4.69) is 34.4 Å². The van der Waals surface area contributed by atoms with Gasteiger partial charge in [-0.2, -0.15) is 5.10 Å². The average Bonchev–Trinajstić information content (AvgIpc) is 3.24. The van der Waals surface area contributed by atoms with E-state index in [1.165, 1.54) is 12.1 Å². The largest absolute Gasteiger partial charge is 0.365 e. The van der Waals surface area contributed by atoms with Crippen molar-refractivity contribution in [2.45, 2.75) is 52.6 Å². The van der Waals surface area contributed by atoms with E-state index in [0.29, 0.717) is 17.9 Å². The molecule has 1 saturated carbocycles. The van der Waals surface area contributed by atoms with Crippen LogP contribution in [0, 0.1) is 5.82 Å². The Bertz CT molecular complexity index is 1010. The summed E-state index contributed by atoms with van der Waals surface area (Å²) in [6.45, 7) is 11.8. The minimum atomic E-state index is -0.297. The highest BCUT2D eigenvalue weighted by atomic mass is 19.1. The van der Waals surface area contributed by atoms with Gasteiger partial charge in [-0.25, -0.2) is 14.1 Å². The third-order valence-corrected chi connectivity index (χ3v) is 5.22. The van der Waals surface area contributed by atoms with E-state index in [9.17, 15) is 9.18 Å². The van der Waals surface area contributed by atoms with Crippen molar-refractivity contribution in [3.05, 3.63) is 70.6 Å². The molecule has 1 heterocycles. The van der Waals surface area contributed by atoms with Crippen molar-refractivity contribution in [3.63, 3.8) is 0 Å². The van der Waals surface area contributed by atoms with Crippen molar-refractivity contribution in [1.29, 1.82) is 0 Å². The molecule has 30 heavy (non-hydrogen) atoms. The standard InChI is InChI=1S/C23H28FN5O/c1-15(2)20(16(3)21(25-5)28-23(4)10-11-23)22(30)26-12-17-13-27-29(14-17)19-8-6-18(24)7-9-19/h6-9,13-14,28H,5,10-12H2,1-4H3,(H,26,30)/b21-16-. The van der Waals surface area contributed by atoms with Crippen LogP contribution >= 0.6 is 0 Å². The van der Waals surface area contributed by atoms with Crippen LogP contribution in [0.2, 0.25) is 0 Å². The summed E-state index contributed by atoms with van der Waals surface area (Å²) < 4.78 is 14.7. The number of aromatic nitrogens is 2. The Labute approximate surface area is 176 Å². The summed E-state index contributed by atoms with van der Waals surface area (Å²) in [5.41, 5.74) is 3.90. The first kappa shape index (κ1) is 21.5. The highest BCUT2D eigenvalue weighted by Crippen LogP contribution is 2.36. The molecule has 2 aromatic rings. The van der Waals surface area contributed by atoms with Gasteiger partial charge in [0.15, 0.2) is 0 Å². The fourth-order valence-electron chi connectivity index (χ4n) is 3.20. The molecule has 1 aromatic carbocycles. The third-order valence-electron chi connectivity index (χ3n) is 5.22. The number of benzene rings is 1. The van der Waals surface area contributed by atoms with Crippen molar-refractivity contribution in [1.82, 2.24) is 20.4 Å². The molecular formula is C23H28FN5O. The molecule has 3 rings (SSSR count). The van der Waals surface area contributed by atoms with Crippen molar-refractivity contribution in [2.24, 2.45) is 4.99 Å². The Morgan fingerprint density at radius 3 is 2.50 bits per heavy atom. The summed E-state index contributed by atoms with van der Waals surface area (Å²) in [5.74, 6) is 0.172. The summed E-state index contributed by atoms with van der Waals surface area (Å²) >= 11 is 0. The summed E-state index contributed by atoms with van der Waals surface area (Å²) in [4.78, 5) is 17.1. The zero-order valence-corrected chi connectivity index (χ0v) is 17.9. The smallest absolute Gasteiger partial charge is 0.251 e. The maximum atomic E-state index is 13.1. The van der Waals surface area contributed by atoms with Crippen LogP contribution in [0.4, 0.5) is 4.39 Å². The van der Waals surface area contributed by atoms with E-state index in [1.54, 1.807) is 23.0 Å². The van der Waals surface area contributed by atoms with Crippen molar-refractivity contribution in [2.75, 3.05) is 0 Å². The van der Waals surface area contributed by atoms with Crippen LogP contribution in [0.5, 0.6) is 0 Å². The number of allylic oxidation sites excluding steroid dienone is 1. The monoisotopic (exact) mass is 409 g/mol. The lowest BCUT2D eigenvalue weighted by atomic mass is 10.0. The number of carbonyl (C=O) groups is 1. The van der Waals surface area contributed by atoms with E-state index < -0.39 is 0 Å². The van der Waals surface area contributed by atoms with E-state index in [1.807, 2.05) is 27.0 Å². The Morgan fingerprint density at radius 2 is 1.93 bits per heavy atom. The maximum absolute atomic E-state index is 13.1.